The first kappa shape index (κ1) is 37.6. The van der Waals surface area contributed by atoms with Crippen LogP contribution in [0.1, 0.15) is 0 Å². The molecule has 0 saturated heterocycles. The number of aromatic nitrogens is 2. The van der Waals surface area contributed by atoms with Crippen LogP contribution in [0.15, 0.2) is 0 Å². The van der Waals surface area contributed by atoms with E-state index in [-0.39, 0.29) is 42.2 Å². The maximum Gasteiger partial charge on any atom is 2.00 e. The van der Waals surface area contributed by atoms with Crippen molar-refractivity contribution in [2.75, 3.05) is 0 Å². The summed E-state index contributed by atoms with van der Waals surface area (Å²) in [7, 11) is 0. The molecule has 0 atom stereocenters. The molecule has 0 radical (unpaired) electrons. The zero-order valence-electron chi connectivity index (χ0n) is 22.3. The van der Waals surface area contributed by atoms with Gasteiger partial charge in [-0.15, -0.1) is 22.7 Å². The molecule has 2 heterocycles. The van der Waals surface area contributed by atoms with Gasteiger partial charge >= 0.3 is 19.5 Å². The molecule has 49 heavy (non-hydrogen) atoms. The van der Waals surface area contributed by atoms with Crippen LogP contribution in [-0.4, -0.2) is 9.97 Å². The summed E-state index contributed by atoms with van der Waals surface area (Å²) >= 11 is -0.126. The van der Waals surface area contributed by atoms with Crippen LogP contribution in [0.5, 0.6) is 11.5 Å². The summed E-state index contributed by atoms with van der Waals surface area (Å²) in [6.07, 6.45) is 0. The predicted octanol–water partition coefficient (Wildman–Crippen LogP) is 8.30. The molecule has 0 amide bonds. The molecular weight excluding hydrogens is 806 g/mol. The Labute approximate surface area is 278 Å². The van der Waals surface area contributed by atoms with E-state index in [4.69, 9.17) is 0 Å². The van der Waals surface area contributed by atoms with Gasteiger partial charge in [0.05, 0.1) is 9.40 Å². The molecule has 252 valence electrons. The van der Waals surface area contributed by atoms with Crippen LogP contribution >= 0.6 is 22.7 Å². The van der Waals surface area contributed by atoms with Crippen molar-refractivity contribution in [2.24, 2.45) is 0 Å². The van der Waals surface area contributed by atoms with Crippen molar-refractivity contribution in [3.8, 4) is 32.6 Å². The fourth-order valence-corrected chi connectivity index (χ4v) is 5.90. The minimum absolute atomic E-state index is 0. The molecule has 6 aromatic rings. The quantitative estimate of drug-likeness (QED) is 0.0765. The number of nitrogens with zero attached hydrogens (tertiary/aromatic N) is 2. The summed E-state index contributed by atoms with van der Waals surface area (Å²) in [6.45, 7) is 0. The molecule has 0 saturated carbocycles. The molecule has 4 aromatic carbocycles. The molecule has 0 aliphatic rings. The van der Waals surface area contributed by atoms with Crippen LogP contribution in [-0.2, 0) is 19.5 Å². The summed E-state index contributed by atoms with van der Waals surface area (Å²) < 4.78 is 211. The third-order valence-electron chi connectivity index (χ3n) is 6.10. The molecule has 0 unspecified atom stereocenters. The van der Waals surface area contributed by atoms with Crippen LogP contribution in [0.4, 0.5) is 70.2 Å². The van der Waals surface area contributed by atoms with E-state index in [0.717, 1.165) is 0 Å². The van der Waals surface area contributed by atoms with Gasteiger partial charge in [-0.1, -0.05) is 11.5 Å². The average Bonchev–Trinajstić information content (AvgIpc) is 3.71. The standard InChI is InChI=1S/2C13HF8NOS.Zn/c2*14-2-1(11(23)8(20)5(17)3(2)15)13-22-10-7(19)4(16)6(18)9(21)12(10)24-13;/h2*23H;/q;;+2/p-2. The molecule has 0 spiro atoms. The first-order valence-corrected chi connectivity index (χ1v) is 13.3. The van der Waals surface area contributed by atoms with Gasteiger partial charge in [-0.2, -0.15) is 0 Å². The summed E-state index contributed by atoms with van der Waals surface area (Å²) in [5.41, 5.74) is -5.13. The smallest absolute Gasteiger partial charge is 0.870 e. The van der Waals surface area contributed by atoms with E-state index >= 15 is 0 Å². The first-order valence-electron chi connectivity index (χ1n) is 11.6. The molecule has 0 aliphatic carbocycles. The zero-order valence-corrected chi connectivity index (χ0v) is 26.9. The fraction of sp³-hybridized carbons (Fsp3) is 0. The van der Waals surface area contributed by atoms with Crippen molar-refractivity contribution < 1.29 is 99.9 Å². The second kappa shape index (κ2) is 13.2. The Morgan fingerprint density at radius 1 is 0.327 bits per heavy atom. The number of hydrogen-bond donors (Lipinski definition) is 0. The van der Waals surface area contributed by atoms with Crippen LogP contribution in [0.2, 0.25) is 0 Å². The van der Waals surface area contributed by atoms with E-state index in [9.17, 15) is 80.5 Å². The van der Waals surface area contributed by atoms with E-state index in [1.165, 1.54) is 0 Å². The Balaban J connectivity index is 0.000000216. The van der Waals surface area contributed by atoms with Gasteiger partial charge in [0, 0.05) is 11.1 Å². The number of rotatable bonds is 2. The second-order valence-electron chi connectivity index (χ2n) is 8.83. The Hall–Kier alpha value is -4.24. The normalized spacial score (nSPS) is 11.3. The van der Waals surface area contributed by atoms with Gasteiger partial charge in [-0.3, -0.25) is 0 Å². The molecule has 4 nitrogen and oxygen atoms in total. The minimum atomic E-state index is -2.38. The Morgan fingerprint density at radius 3 is 0.878 bits per heavy atom. The summed E-state index contributed by atoms with van der Waals surface area (Å²) in [4.78, 5) is 6.36. The number of benzene rings is 4. The Morgan fingerprint density at radius 2 is 0.571 bits per heavy atom. The van der Waals surface area contributed by atoms with E-state index in [2.05, 4.69) is 9.97 Å². The van der Waals surface area contributed by atoms with Crippen molar-refractivity contribution in [3.05, 3.63) is 93.1 Å². The van der Waals surface area contributed by atoms with Gasteiger partial charge in [0.15, 0.2) is 93.1 Å². The molecule has 0 bridgehead atoms. The van der Waals surface area contributed by atoms with Gasteiger partial charge in [0.25, 0.3) is 0 Å². The number of fused-ring (bicyclic) bond motifs is 2. The summed E-state index contributed by atoms with van der Waals surface area (Å²) in [5, 5.41) is 21.1. The predicted molar refractivity (Wildman–Crippen MR) is 128 cm³/mol. The maximum atomic E-state index is 13.7. The first-order chi connectivity index (χ1) is 22.3. The van der Waals surface area contributed by atoms with Crippen molar-refractivity contribution in [2.45, 2.75) is 0 Å². The Bertz CT molecular complexity index is 2050. The number of halogens is 16. The molecular formula is C26F16N2O2S2Zn. The van der Waals surface area contributed by atoms with Crippen molar-refractivity contribution in [1.29, 1.82) is 0 Å². The van der Waals surface area contributed by atoms with Crippen molar-refractivity contribution in [3.63, 3.8) is 0 Å². The van der Waals surface area contributed by atoms with Crippen molar-refractivity contribution >= 4 is 43.1 Å². The third kappa shape index (κ3) is 5.70. The molecule has 0 N–H and O–H groups in total. The number of thiazole rings is 2. The van der Waals surface area contributed by atoms with E-state index in [0.29, 0.717) is 0 Å². The molecule has 2 aromatic heterocycles. The van der Waals surface area contributed by atoms with Gasteiger partial charge in [-0.05, 0) is 0 Å². The summed E-state index contributed by atoms with van der Waals surface area (Å²) in [5.74, 6) is -38.7. The fourth-order valence-electron chi connectivity index (χ4n) is 3.85. The molecule has 23 heteroatoms. The summed E-state index contributed by atoms with van der Waals surface area (Å²) in [6, 6.07) is 0. The van der Waals surface area contributed by atoms with Crippen LogP contribution < -0.4 is 10.2 Å². The zero-order chi connectivity index (χ0) is 35.8. The maximum absolute atomic E-state index is 13.7. The average molecular weight is 806 g/mol. The van der Waals surface area contributed by atoms with Gasteiger partial charge in [0.2, 0.25) is 0 Å². The topological polar surface area (TPSA) is 71.9 Å². The monoisotopic (exact) mass is 804 g/mol. The van der Waals surface area contributed by atoms with Crippen LogP contribution in [0.25, 0.3) is 41.6 Å². The molecule has 6 rings (SSSR count). The molecule has 0 fully saturated rings. The van der Waals surface area contributed by atoms with Gasteiger partial charge in [0.1, 0.15) is 21.0 Å². The minimum Gasteiger partial charge on any atom is -0.870 e. The SMILES string of the molecule is [O-]c1c(F)c(F)c(F)c(F)c1-c1nc2c(F)c(F)c(F)c(F)c2s1.[O-]c1c(F)c(F)c(F)c(F)c1-c1nc2c(F)c(F)c(F)c(F)c2s1.[Zn+2]. The number of hydrogen-bond acceptors (Lipinski definition) is 6. The second-order valence-corrected chi connectivity index (χ2v) is 10.8. The van der Waals surface area contributed by atoms with Crippen LogP contribution in [0, 0.1) is 93.1 Å². The van der Waals surface area contributed by atoms with E-state index in [1.807, 2.05) is 0 Å². The van der Waals surface area contributed by atoms with Crippen molar-refractivity contribution in [1.82, 2.24) is 9.97 Å². The largest absolute Gasteiger partial charge is 2.00 e. The third-order valence-corrected chi connectivity index (χ3v) is 8.23. The van der Waals surface area contributed by atoms with Gasteiger partial charge < -0.3 is 10.2 Å². The molecule has 0 aliphatic heterocycles. The van der Waals surface area contributed by atoms with Crippen LogP contribution in [0.3, 0.4) is 0 Å². The van der Waals surface area contributed by atoms with Gasteiger partial charge in [-0.25, -0.2) is 80.2 Å². The van der Waals surface area contributed by atoms with E-state index < -0.39 is 146 Å². The Kier molecular flexibility index (Phi) is 10.1. The van der Waals surface area contributed by atoms with E-state index in [1.54, 1.807) is 0 Å².